The van der Waals surface area contributed by atoms with Gasteiger partial charge in [0.15, 0.2) is 11.5 Å². The number of methoxy groups -OCH3 is 3. The Bertz CT molecular complexity index is 1020. The number of esters is 1. The van der Waals surface area contributed by atoms with Crippen LogP contribution in [-0.4, -0.2) is 46.8 Å². The topological polar surface area (TPSA) is 128 Å². The van der Waals surface area contributed by atoms with E-state index in [9.17, 15) is 18.0 Å². The number of sulfonamides is 1. The van der Waals surface area contributed by atoms with Crippen molar-refractivity contribution < 1.29 is 37.3 Å². The van der Waals surface area contributed by atoms with Crippen LogP contribution >= 0.6 is 11.3 Å². The average Bonchev–Trinajstić information content (AvgIpc) is 3.12. The van der Waals surface area contributed by atoms with Gasteiger partial charge in [-0.05, 0) is 35.2 Å². The number of thiophene rings is 1. The van der Waals surface area contributed by atoms with Crippen molar-refractivity contribution in [1.29, 1.82) is 0 Å². The van der Waals surface area contributed by atoms with Gasteiger partial charge in [0.25, 0.3) is 10.0 Å². The van der Waals surface area contributed by atoms with Crippen molar-refractivity contribution in [2.75, 3.05) is 26.1 Å². The zero-order valence-corrected chi connectivity index (χ0v) is 16.7. The molecule has 11 heteroatoms. The first-order valence-electron chi connectivity index (χ1n) is 7.59. The number of carbonyl (C=O) groups is 2. The fourth-order valence-electron chi connectivity index (χ4n) is 2.25. The summed E-state index contributed by atoms with van der Waals surface area (Å²) in [5.41, 5.74) is 0.309. The lowest BCUT2D eigenvalue weighted by Gasteiger charge is -2.15. The van der Waals surface area contributed by atoms with Crippen molar-refractivity contribution in [1.82, 2.24) is 0 Å². The van der Waals surface area contributed by atoms with Crippen LogP contribution in [0.2, 0.25) is 0 Å². The molecule has 28 heavy (non-hydrogen) atoms. The van der Waals surface area contributed by atoms with E-state index in [0.29, 0.717) is 0 Å². The molecular formula is C17H17NO8S2. The molecule has 1 heterocycles. The SMILES string of the molecule is COC(=O)c1sccc1NS(=O)(=O)c1cc(/C=C/C(=O)O)cc(OC)c1OC. The Morgan fingerprint density at radius 3 is 2.46 bits per heavy atom. The minimum absolute atomic E-state index is 0.0457. The van der Waals surface area contributed by atoms with Gasteiger partial charge in [0.05, 0.1) is 27.0 Å². The number of carbonyl (C=O) groups excluding carboxylic acids is 1. The normalized spacial score (nSPS) is 11.2. The van der Waals surface area contributed by atoms with E-state index in [0.717, 1.165) is 17.4 Å². The second-order valence-corrected chi connectivity index (χ2v) is 7.75. The molecule has 0 saturated carbocycles. The monoisotopic (exact) mass is 427 g/mol. The second-order valence-electron chi connectivity index (χ2n) is 5.19. The number of ether oxygens (including phenoxy) is 3. The van der Waals surface area contributed by atoms with Crippen LogP contribution in [0.4, 0.5) is 5.69 Å². The Kier molecular flexibility index (Phi) is 6.65. The molecule has 0 atom stereocenters. The summed E-state index contributed by atoms with van der Waals surface area (Å²) in [7, 11) is -0.442. The Morgan fingerprint density at radius 2 is 1.89 bits per heavy atom. The van der Waals surface area contributed by atoms with Crippen molar-refractivity contribution in [3.63, 3.8) is 0 Å². The first kappa shape index (κ1) is 21.3. The molecule has 2 aromatic rings. The summed E-state index contributed by atoms with van der Waals surface area (Å²) in [6, 6.07) is 4.08. The lowest BCUT2D eigenvalue weighted by Crippen LogP contribution is -2.16. The molecule has 2 rings (SSSR count). The number of hydrogen-bond donors (Lipinski definition) is 2. The maximum Gasteiger partial charge on any atom is 0.350 e. The van der Waals surface area contributed by atoms with E-state index in [1.807, 2.05) is 0 Å². The van der Waals surface area contributed by atoms with E-state index in [4.69, 9.17) is 14.6 Å². The number of carboxylic acids is 1. The summed E-state index contributed by atoms with van der Waals surface area (Å²) < 4.78 is 43.2. The van der Waals surface area contributed by atoms with E-state index in [1.165, 1.54) is 51.0 Å². The highest BCUT2D eigenvalue weighted by molar-refractivity contribution is 7.92. The molecule has 0 amide bonds. The summed E-state index contributed by atoms with van der Waals surface area (Å²) in [5.74, 6) is -1.86. The van der Waals surface area contributed by atoms with Crippen molar-refractivity contribution in [3.05, 3.63) is 40.1 Å². The minimum atomic E-state index is -4.22. The quantitative estimate of drug-likeness (QED) is 0.486. The third-order valence-electron chi connectivity index (χ3n) is 3.46. The largest absolute Gasteiger partial charge is 0.493 e. The van der Waals surface area contributed by atoms with Gasteiger partial charge in [-0.2, -0.15) is 0 Å². The van der Waals surface area contributed by atoms with Gasteiger partial charge in [-0.25, -0.2) is 18.0 Å². The minimum Gasteiger partial charge on any atom is -0.493 e. The van der Waals surface area contributed by atoms with Crippen LogP contribution in [0, 0.1) is 0 Å². The molecule has 150 valence electrons. The summed E-state index contributed by atoms with van der Waals surface area (Å²) in [5, 5.41) is 10.3. The van der Waals surface area contributed by atoms with Gasteiger partial charge in [-0.3, -0.25) is 4.72 Å². The summed E-state index contributed by atoms with van der Waals surface area (Å²) in [6.07, 6.45) is 2.08. The maximum absolute atomic E-state index is 13.0. The molecular weight excluding hydrogens is 410 g/mol. The fraction of sp³-hybridized carbons (Fsp3) is 0.176. The van der Waals surface area contributed by atoms with Crippen LogP contribution < -0.4 is 14.2 Å². The summed E-state index contributed by atoms with van der Waals surface area (Å²) in [6.45, 7) is 0. The highest BCUT2D eigenvalue weighted by atomic mass is 32.2. The van der Waals surface area contributed by atoms with Crippen LogP contribution in [0.15, 0.2) is 34.6 Å². The van der Waals surface area contributed by atoms with E-state index < -0.39 is 22.0 Å². The van der Waals surface area contributed by atoms with Crippen molar-refractivity contribution in [2.24, 2.45) is 0 Å². The van der Waals surface area contributed by atoms with Gasteiger partial charge in [0.1, 0.15) is 9.77 Å². The third kappa shape index (κ3) is 4.61. The van der Waals surface area contributed by atoms with Gasteiger partial charge < -0.3 is 19.3 Å². The van der Waals surface area contributed by atoms with E-state index >= 15 is 0 Å². The molecule has 0 aliphatic carbocycles. The predicted molar refractivity (Wildman–Crippen MR) is 103 cm³/mol. The molecule has 0 fully saturated rings. The fourth-order valence-corrected chi connectivity index (χ4v) is 4.37. The maximum atomic E-state index is 13.0. The van der Waals surface area contributed by atoms with Crippen LogP contribution in [-0.2, 0) is 19.6 Å². The zero-order valence-electron chi connectivity index (χ0n) is 15.1. The standard InChI is InChI=1S/C17H17NO8S2/c1-24-12-8-10(4-5-14(19)20)9-13(15(12)25-2)28(22,23)18-11-6-7-27-16(11)17(21)26-3/h4-9,18H,1-3H3,(H,19,20)/b5-4+. The number of carboxylic acid groups (broad SMARTS) is 1. The molecule has 1 aromatic heterocycles. The Morgan fingerprint density at radius 1 is 1.18 bits per heavy atom. The molecule has 0 spiro atoms. The van der Waals surface area contributed by atoms with Gasteiger partial charge >= 0.3 is 11.9 Å². The van der Waals surface area contributed by atoms with Crippen LogP contribution in [0.1, 0.15) is 15.2 Å². The molecule has 0 bridgehead atoms. The van der Waals surface area contributed by atoms with Gasteiger partial charge in [-0.15, -0.1) is 11.3 Å². The molecule has 0 radical (unpaired) electrons. The lowest BCUT2D eigenvalue weighted by molar-refractivity contribution is -0.131. The number of nitrogens with one attached hydrogen (secondary N) is 1. The number of benzene rings is 1. The van der Waals surface area contributed by atoms with Crippen LogP contribution in [0.5, 0.6) is 11.5 Å². The molecule has 0 saturated heterocycles. The Labute approximate surface area is 165 Å². The Hall–Kier alpha value is -3.05. The molecule has 0 aliphatic heterocycles. The lowest BCUT2D eigenvalue weighted by atomic mass is 10.2. The van der Waals surface area contributed by atoms with E-state index in [2.05, 4.69) is 9.46 Å². The second kappa shape index (κ2) is 8.76. The highest BCUT2D eigenvalue weighted by Gasteiger charge is 2.26. The first-order valence-corrected chi connectivity index (χ1v) is 9.95. The molecule has 9 nitrogen and oxygen atoms in total. The number of rotatable bonds is 8. The van der Waals surface area contributed by atoms with Crippen molar-refractivity contribution >= 4 is 45.1 Å². The van der Waals surface area contributed by atoms with Gasteiger partial charge in [0, 0.05) is 6.08 Å². The average molecular weight is 427 g/mol. The van der Waals surface area contributed by atoms with E-state index in [-0.39, 0.29) is 32.5 Å². The summed E-state index contributed by atoms with van der Waals surface area (Å²) in [4.78, 5) is 22.3. The Balaban J connectivity index is 2.57. The number of anilines is 1. The molecule has 0 aliphatic rings. The van der Waals surface area contributed by atoms with Crippen LogP contribution in [0.25, 0.3) is 6.08 Å². The predicted octanol–water partition coefficient (Wildman–Crippen LogP) is 2.45. The van der Waals surface area contributed by atoms with Crippen molar-refractivity contribution in [3.8, 4) is 11.5 Å². The van der Waals surface area contributed by atoms with Crippen LogP contribution in [0.3, 0.4) is 0 Å². The summed E-state index contributed by atoms with van der Waals surface area (Å²) >= 11 is 1.02. The third-order valence-corrected chi connectivity index (χ3v) is 5.72. The highest BCUT2D eigenvalue weighted by Crippen LogP contribution is 2.37. The molecule has 2 N–H and O–H groups in total. The molecule has 0 unspecified atom stereocenters. The van der Waals surface area contributed by atoms with Gasteiger partial charge in [-0.1, -0.05) is 0 Å². The smallest absolute Gasteiger partial charge is 0.350 e. The first-order chi connectivity index (χ1) is 13.2. The van der Waals surface area contributed by atoms with Gasteiger partial charge in [0.2, 0.25) is 0 Å². The van der Waals surface area contributed by atoms with Crippen molar-refractivity contribution in [2.45, 2.75) is 4.90 Å². The number of hydrogen-bond acceptors (Lipinski definition) is 8. The molecule has 1 aromatic carbocycles. The number of aliphatic carboxylic acids is 1. The zero-order chi connectivity index (χ0) is 20.9. The van der Waals surface area contributed by atoms with E-state index in [1.54, 1.807) is 0 Å².